The molecular weight excluding hydrogens is 419 g/mol. The van der Waals surface area contributed by atoms with Crippen molar-refractivity contribution in [2.75, 3.05) is 18.2 Å². The van der Waals surface area contributed by atoms with Crippen molar-refractivity contribution >= 4 is 34.3 Å². The van der Waals surface area contributed by atoms with E-state index >= 15 is 0 Å². The monoisotopic (exact) mass is 440 g/mol. The van der Waals surface area contributed by atoms with E-state index in [9.17, 15) is 9.18 Å². The number of thioether (sulfide) groups is 1. The first-order valence-electron chi connectivity index (χ1n) is 9.69. The maximum absolute atomic E-state index is 13.4. The van der Waals surface area contributed by atoms with Gasteiger partial charge in [-0.3, -0.25) is 9.36 Å². The van der Waals surface area contributed by atoms with Crippen LogP contribution in [0.4, 0.5) is 10.1 Å². The molecule has 0 radical (unpaired) electrons. The van der Waals surface area contributed by atoms with E-state index in [-0.39, 0.29) is 11.7 Å². The van der Waals surface area contributed by atoms with Crippen LogP contribution in [0.1, 0.15) is 12.5 Å². The van der Waals surface area contributed by atoms with Crippen molar-refractivity contribution in [3.05, 3.63) is 53.8 Å². The van der Waals surface area contributed by atoms with Crippen molar-refractivity contribution < 1.29 is 18.3 Å². The Morgan fingerprint density at radius 3 is 2.87 bits per heavy atom. The van der Waals surface area contributed by atoms with E-state index in [4.69, 9.17) is 9.15 Å². The summed E-state index contributed by atoms with van der Waals surface area (Å²) in [6.07, 6.45) is 0. The van der Waals surface area contributed by atoms with Crippen LogP contribution in [0.3, 0.4) is 0 Å². The maximum Gasteiger partial charge on any atom is 0.234 e. The van der Waals surface area contributed by atoms with Crippen molar-refractivity contribution in [2.45, 2.75) is 25.5 Å². The van der Waals surface area contributed by atoms with E-state index < -0.39 is 5.82 Å². The highest BCUT2D eigenvalue weighted by molar-refractivity contribution is 7.99. The Morgan fingerprint density at radius 2 is 2.10 bits per heavy atom. The molecule has 0 bridgehead atoms. The summed E-state index contributed by atoms with van der Waals surface area (Å²) >= 11 is 1.26. The van der Waals surface area contributed by atoms with Crippen molar-refractivity contribution in [1.29, 1.82) is 0 Å². The third kappa shape index (κ3) is 4.27. The number of amides is 1. The van der Waals surface area contributed by atoms with Crippen molar-refractivity contribution in [3.63, 3.8) is 0 Å². The molecule has 2 aromatic heterocycles. The number of aryl methyl sites for hydroxylation is 1. The standard InChI is InChI=1S/C22H21FN4O3S/c1-4-27-21(18-10-14-6-5-7-17(29-3)20(14)30-18)25-26-22(27)31-12-19(28)24-16-11-15(23)9-8-13(16)2/h5-11H,4,12H2,1-3H3,(H,24,28). The molecule has 9 heteroatoms. The first-order chi connectivity index (χ1) is 15.0. The molecule has 4 rings (SSSR count). The lowest BCUT2D eigenvalue weighted by atomic mass is 10.2. The average Bonchev–Trinajstić information content (AvgIpc) is 3.38. The zero-order valence-electron chi connectivity index (χ0n) is 17.3. The van der Waals surface area contributed by atoms with E-state index in [0.29, 0.717) is 40.3 Å². The van der Waals surface area contributed by atoms with E-state index in [1.165, 1.54) is 23.9 Å². The van der Waals surface area contributed by atoms with Crippen LogP contribution in [0.2, 0.25) is 0 Å². The number of hydrogen-bond acceptors (Lipinski definition) is 6. The molecule has 0 fully saturated rings. The molecule has 2 heterocycles. The Labute approximate surface area is 182 Å². The molecule has 0 aliphatic carbocycles. The summed E-state index contributed by atoms with van der Waals surface area (Å²) in [4.78, 5) is 12.4. The lowest BCUT2D eigenvalue weighted by Crippen LogP contribution is -2.15. The fraction of sp³-hybridized carbons (Fsp3) is 0.227. The van der Waals surface area contributed by atoms with E-state index in [2.05, 4.69) is 15.5 Å². The summed E-state index contributed by atoms with van der Waals surface area (Å²) in [6, 6.07) is 11.8. The van der Waals surface area contributed by atoms with Gasteiger partial charge in [-0.05, 0) is 43.7 Å². The maximum atomic E-state index is 13.4. The van der Waals surface area contributed by atoms with Crippen LogP contribution in [0.25, 0.3) is 22.6 Å². The number of halogens is 1. The molecule has 160 valence electrons. The molecule has 31 heavy (non-hydrogen) atoms. The van der Waals surface area contributed by atoms with Crippen molar-refractivity contribution in [3.8, 4) is 17.3 Å². The van der Waals surface area contributed by atoms with E-state index in [1.54, 1.807) is 13.2 Å². The number of furan rings is 1. The lowest BCUT2D eigenvalue weighted by molar-refractivity contribution is -0.113. The van der Waals surface area contributed by atoms with Gasteiger partial charge in [0.05, 0.1) is 12.9 Å². The largest absolute Gasteiger partial charge is 0.493 e. The van der Waals surface area contributed by atoms with Gasteiger partial charge in [-0.15, -0.1) is 10.2 Å². The summed E-state index contributed by atoms with van der Waals surface area (Å²) in [5.74, 6) is 1.25. The number of para-hydroxylation sites is 1. The molecule has 0 saturated heterocycles. The molecule has 1 amide bonds. The second-order valence-electron chi connectivity index (χ2n) is 6.84. The Kier molecular flexibility index (Phi) is 5.94. The Hall–Kier alpha value is -3.33. The highest BCUT2D eigenvalue weighted by Gasteiger charge is 2.19. The number of nitrogens with zero attached hydrogens (tertiary/aromatic N) is 3. The number of rotatable bonds is 7. The van der Waals surface area contributed by atoms with E-state index in [0.717, 1.165) is 10.9 Å². The van der Waals surface area contributed by atoms with Gasteiger partial charge >= 0.3 is 0 Å². The second kappa shape index (κ2) is 8.81. The molecule has 4 aromatic rings. The number of fused-ring (bicyclic) bond motifs is 1. The van der Waals surface area contributed by atoms with E-state index in [1.807, 2.05) is 42.7 Å². The SMILES string of the molecule is CCn1c(SCC(=O)Nc2cc(F)ccc2C)nnc1-c1cc2cccc(OC)c2o1. The number of carbonyl (C=O) groups excluding carboxylic acids is 1. The van der Waals surface area contributed by atoms with Gasteiger partial charge in [0, 0.05) is 17.6 Å². The molecule has 7 nitrogen and oxygen atoms in total. The average molecular weight is 441 g/mol. The topological polar surface area (TPSA) is 82.2 Å². The van der Waals surface area contributed by atoms with Crippen LogP contribution in [-0.4, -0.2) is 33.5 Å². The fourth-order valence-corrected chi connectivity index (χ4v) is 4.02. The third-order valence-electron chi connectivity index (χ3n) is 4.79. The number of aromatic nitrogens is 3. The van der Waals surface area contributed by atoms with Gasteiger partial charge in [0.2, 0.25) is 11.7 Å². The quantitative estimate of drug-likeness (QED) is 0.412. The number of ether oxygens (including phenoxy) is 1. The lowest BCUT2D eigenvalue weighted by Gasteiger charge is -2.09. The predicted molar refractivity (Wildman–Crippen MR) is 118 cm³/mol. The third-order valence-corrected chi connectivity index (χ3v) is 5.75. The van der Waals surface area contributed by atoms with Crippen LogP contribution < -0.4 is 10.1 Å². The summed E-state index contributed by atoms with van der Waals surface area (Å²) in [5.41, 5.74) is 1.89. The molecule has 0 spiro atoms. The molecule has 0 saturated carbocycles. The van der Waals surface area contributed by atoms with Gasteiger partial charge in [-0.1, -0.05) is 30.0 Å². The molecule has 2 aromatic carbocycles. The number of anilines is 1. The highest BCUT2D eigenvalue weighted by atomic mass is 32.2. The minimum atomic E-state index is -0.397. The Bertz CT molecular complexity index is 1250. The summed E-state index contributed by atoms with van der Waals surface area (Å²) < 4.78 is 26.7. The summed E-state index contributed by atoms with van der Waals surface area (Å²) in [6.45, 7) is 4.38. The normalized spacial score (nSPS) is 11.1. The van der Waals surface area contributed by atoms with Crippen LogP contribution in [0.15, 0.2) is 52.0 Å². The number of hydrogen-bond donors (Lipinski definition) is 1. The van der Waals surface area contributed by atoms with Crippen molar-refractivity contribution in [2.24, 2.45) is 0 Å². The molecule has 1 N–H and O–H groups in total. The first kappa shape index (κ1) is 20.9. The first-order valence-corrected chi connectivity index (χ1v) is 10.7. The Balaban J connectivity index is 1.52. The number of carbonyl (C=O) groups is 1. The number of benzene rings is 2. The minimum Gasteiger partial charge on any atom is -0.493 e. The van der Waals surface area contributed by atoms with Gasteiger partial charge < -0.3 is 14.5 Å². The zero-order valence-corrected chi connectivity index (χ0v) is 18.1. The minimum absolute atomic E-state index is 0.113. The number of nitrogens with one attached hydrogen (secondary N) is 1. The molecule has 0 atom stereocenters. The Morgan fingerprint density at radius 1 is 1.26 bits per heavy atom. The van der Waals surface area contributed by atoms with Crippen molar-refractivity contribution in [1.82, 2.24) is 14.8 Å². The highest BCUT2D eigenvalue weighted by Crippen LogP contribution is 2.33. The van der Waals surface area contributed by atoms with Crippen LogP contribution in [0.5, 0.6) is 5.75 Å². The van der Waals surface area contributed by atoms with Gasteiger partial charge in [-0.25, -0.2) is 4.39 Å². The number of methoxy groups -OCH3 is 1. The predicted octanol–water partition coefficient (Wildman–Crippen LogP) is 4.90. The second-order valence-corrected chi connectivity index (χ2v) is 7.78. The molecular formula is C22H21FN4O3S. The van der Waals surface area contributed by atoms with Gasteiger partial charge in [0.1, 0.15) is 5.82 Å². The van der Waals surface area contributed by atoms with Crippen LogP contribution in [-0.2, 0) is 11.3 Å². The van der Waals surface area contributed by atoms with Gasteiger partial charge in [0.15, 0.2) is 22.2 Å². The summed E-state index contributed by atoms with van der Waals surface area (Å²) in [7, 11) is 1.59. The fourth-order valence-electron chi connectivity index (χ4n) is 3.22. The van der Waals surface area contributed by atoms with Crippen LogP contribution in [0, 0.1) is 12.7 Å². The summed E-state index contributed by atoms with van der Waals surface area (Å²) in [5, 5.41) is 12.7. The molecule has 0 unspecified atom stereocenters. The van der Waals surface area contributed by atoms with Gasteiger partial charge in [0.25, 0.3) is 0 Å². The van der Waals surface area contributed by atoms with Gasteiger partial charge in [-0.2, -0.15) is 0 Å². The molecule has 0 aliphatic heterocycles. The zero-order chi connectivity index (χ0) is 22.0. The smallest absolute Gasteiger partial charge is 0.234 e. The molecule has 0 aliphatic rings. The van der Waals surface area contributed by atoms with Crippen LogP contribution >= 0.6 is 11.8 Å².